The van der Waals surface area contributed by atoms with Gasteiger partial charge in [0.05, 0.1) is 23.1 Å². The number of carbonyl (C=O) groups is 2. The smallest absolute Gasteiger partial charge is 0.322 e. The lowest BCUT2D eigenvalue weighted by molar-refractivity contribution is -0.134. The van der Waals surface area contributed by atoms with E-state index in [9.17, 15) is 14.0 Å². The van der Waals surface area contributed by atoms with Crippen molar-refractivity contribution in [1.82, 2.24) is 15.2 Å². The van der Waals surface area contributed by atoms with E-state index in [2.05, 4.69) is 25.8 Å². The van der Waals surface area contributed by atoms with Gasteiger partial charge < -0.3 is 15.5 Å². The van der Waals surface area contributed by atoms with Gasteiger partial charge in [0, 0.05) is 9.77 Å². The fraction of sp³-hybridized carbons (Fsp3) is 0. The highest BCUT2D eigenvalue weighted by molar-refractivity contribution is 14.1. The Hall–Kier alpha value is -3.09. The van der Waals surface area contributed by atoms with Crippen molar-refractivity contribution in [3.63, 3.8) is 0 Å². The third-order valence-electron chi connectivity index (χ3n) is 3.12. The Morgan fingerprint density at radius 1 is 1.19 bits per heavy atom. The molecule has 2 aromatic heterocycles. The van der Waals surface area contributed by atoms with Gasteiger partial charge in [-0.1, -0.05) is 5.10 Å². The Balaban J connectivity index is 1.89. The van der Waals surface area contributed by atoms with Crippen molar-refractivity contribution >= 4 is 51.8 Å². The minimum atomic E-state index is -1.19. The fourth-order valence-electron chi connectivity index (χ4n) is 1.96. The van der Waals surface area contributed by atoms with E-state index in [0.717, 1.165) is 3.57 Å². The van der Waals surface area contributed by atoms with Crippen LogP contribution in [0.25, 0.3) is 11.5 Å². The number of nitrogens with zero attached hydrogens (tertiary/aromatic N) is 3. The van der Waals surface area contributed by atoms with Gasteiger partial charge in [-0.05, 0) is 46.9 Å². The molecule has 0 bridgehead atoms. The van der Waals surface area contributed by atoms with Gasteiger partial charge in [-0.2, -0.15) is 0 Å². The number of hydrogen-bond acceptors (Lipinski definition) is 7. The van der Waals surface area contributed by atoms with E-state index in [0.29, 0.717) is 11.3 Å². The maximum Gasteiger partial charge on any atom is 0.322 e. The van der Waals surface area contributed by atoms with Gasteiger partial charge >= 0.3 is 17.8 Å². The molecule has 132 valence electrons. The molecule has 0 saturated heterocycles. The van der Waals surface area contributed by atoms with Crippen LogP contribution in [0.15, 0.2) is 41.1 Å². The third kappa shape index (κ3) is 3.93. The number of pyridine rings is 1. The van der Waals surface area contributed by atoms with Crippen LogP contribution in [0.4, 0.5) is 21.8 Å². The van der Waals surface area contributed by atoms with E-state index in [1.54, 1.807) is 18.2 Å². The van der Waals surface area contributed by atoms with Crippen molar-refractivity contribution in [2.24, 2.45) is 5.73 Å². The standard InChI is InChI=1S/C15H10FIN6O3/c16-9-5-7(17)1-2-10(9)20-11-6-19-4-3-8(11)14-22-23-15(26-14)21-13(25)12(18)24/h1-6,20H,(H2,18,24)(H,21,23,25). The van der Waals surface area contributed by atoms with Gasteiger partial charge in [-0.15, -0.1) is 5.10 Å². The van der Waals surface area contributed by atoms with E-state index in [1.165, 1.54) is 18.5 Å². The molecule has 2 heterocycles. The topological polar surface area (TPSA) is 136 Å². The molecule has 3 aromatic rings. The van der Waals surface area contributed by atoms with E-state index < -0.39 is 17.6 Å². The minimum absolute atomic E-state index is 0.0283. The molecule has 26 heavy (non-hydrogen) atoms. The zero-order valence-corrected chi connectivity index (χ0v) is 15.0. The number of primary amides is 1. The first-order valence-electron chi connectivity index (χ1n) is 7.05. The van der Waals surface area contributed by atoms with Crippen LogP contribution < -0.4 is 16.4 Å². The molecule has 11 heteroatoms. The molecule has 0 fully saturated rings. The fourth-order valence-corrected chi connectivity index (χ4v) is 2.41. The van der Waals surface area contributed by atoms with Crippen molar-refractivity contribution in [3.05, 3.63) is 46.0 Å². The zero-order valence-electron chi connectivity index (χ0n) is 12.9. The monoisotopic (exact) mass is 468 g/mol. The zero-order chi connectivity index (χ0) is 18.7. The molecule has 0 aliphatic carbocycles. The van der Waals surface area contributed by atoms with Gasteiger partial charge in [0.1, 0.15) is 5.82 Å². The molecule has 0 aliphatic heterocycles. The highest BCUT2D eigenvalue weighted by atomic mass is 127. The predicted octanol–water partition coefficient (Wildman–Crippen LogP) is 2.04. The van der Waals surface area contributed by atoms with Crippen molar-refractivity contribution in [1.29, 1.82) is 0 Å². The second-order valence-corrected chi connectivity index (χ2v) is 6.15. The molecule has 0 saturated carbocycles. The summed E-state index contributed by atoms with van der Waals surface area (Å²) < 4.78 is 20.1. The molecule has 0 atom stereocenters. The number of nitrogens with one attached hydrogen (secondary N) is 2. The van der Waals surface area contributed by atoms with Crippen molar-refractivity contribution in [2.75, 3.05) is 10.6 Å². The summed E-state index contributed by atoms with van der Waals surface area (Å²) in [5, 5.41) is 12.4. The number of nitrogens with two attached hydrogens (primary N) is 1. The quantitative estimate of drug-likeness (QED) is 0.394. The van der Waals surface area contributed by atoms with Crippen LogP contribution in [-0.2, 0) is 9.59 Å². The Morgan fingerprint density at radius 2 is 2.00 bits per heavy atom. The molecule has 0 radical (unpaired) electrons. The highest BCUT2D eigenvalue weighted by Crippen LogP contribution is 2.30. The highest BCUT2D eigenvalue weighted by Gasteiger charge is 2.17. The molecule has 1 aromatic carbocycles. The van der Waals surface area contributed by atoms with Crippen LogP contribution in [0.1, 0.15) is 0 Å². The summed E-state index contributed by atoms with van der Waals surface area (Å²) in [7, 11) is 0. The number of aromatic nitrogens is 3. The second kappa shape index (κ2) is 7.43. The molecule has 3 rings (SSSR count). The first-order valence-corrected chi connectivity index (χ1v) is 8.12. The van der Waals surface area contributed by atoms with Gasteiger partial charge in [-0.3, -0.25) is 19.9 Å². The lowest BCUT2D eigenvalue weighted by Gasteiger charge is -2.10. The van der Waals surface area contributed by atoms with Crippen LogP contribution in [-0.4, -0.2) is 27.0 Å². The van der Waals surface area contributed by atoms with Crippen molar-refractivity contribution < 1.29 is 18.4 Å². The second-order valence-electron chi connectivity index (χ2n) is 4.90. The van der Waals surface area contributed by atoms with Crippen molar-refractivity contribution in [2.45, 2.75) is 0 Å². The minimum Gasteiger partial charge on any atom is -0.403 e. The molecule has 0 aliphatic rings. The largest absolute Gasteiger partial charge is 0.403 e. The Labute approximate surface area is 159 Å². The third-order valence-corrected chi connectivity index (χ3v) is 3.79. The molecule has 0 spiro atoms. The Kier molecular flexibility index (Phi) is 5.06. The number of amides is 2. The van der Waals surface area contributed by atoms with Crippen molar-refractivity contribution in [3.8, 4) is 11.5 Å². The average Bonchev–Trinajstić information content (AvgIpc) is 3.06. The average molecular weight is 468 g/mol. The summed E-state index contributed by atoms with van der Waals surface area (Å²) in [6.45, 7) is 0. The summed E-state index contributed by atoms with van der Waals surface area (Å²) in [6.07, 6.45) is 2.94. The summed E-state index contributed by atoms with van der Waals surface area (Å²) in [5.41, 5.74) is 5.91. The first-order chi connectivity index (χ1) is 12.4. The summed E-state index contributed by atoms with van der Waals surface area (Å²) >= 11 is 2.01. The predicted molar refractivity (Wildman–Crippen MR) is 97.8 cm³/mol. The number of rotatable bonds is 4. The lowest BCUT2D eigenvalue weighted by Crippen LogP contribution is -2.29. The molecular formula is C15H10FIN6O3. The number of hydrogen-bond donors (Lipinski definition) is 3. The van der Waals surface area contributed by atoms with E-state index in [1.807, 2.05) is 22.6 Å². The number of benzene rings is 1. The Morgan fingerprint density at radius 3 is 2.73 bits per heavy atom. The summed E-state index contributed by atoms with van der Waals surface area (Å²) in [4.78, 5) is 26.0. The normalized spacial score (nSPS) is 10.4. The van der Waals surface area contributed by atoms with Gasteiger partial charge in [0.2, 0.25) is 0 Å². The molecule has 9 nitrogen and oxygen atoms in total. The van der Waals surface area contributed by atoms with Gasteiger partial charge in [0.15, 0.2) is 0 Å². The maximum absolute atomic E-state index is 14.1. The van der Waals surface area contributed by atoms with E-state index in [-0.39, 0.29) is 17.6 Å². The van der Waals surface area contributed by atoms with Gasteiger partial charge in [0.25, 0.3) is 5.89 Å². The maximum atomic E-state index is 14.1. The number of carbonyl (C=O) groups excluding carboxylic acids is 2. The number of halogens is 2. The Bertz CT molecular complexity index is 993. The van der Waals surface area contributed by atoms with E-state index >= 15 is 0 Å². The molecule has 4 N–H and O–H groups in total. The molecule has 0 unspecified atom stereocenters. The number of anilines is 3. The SMILES string of the molecule is NC(=O)C(=O)Nc1nnc(-c2ccncc2Nc2ccc(I)cc2F)o1. The molecular weight excluding hydrogens is 458 g/mol. The van der Waals surface area contributed by atoms with Gasteiger partial charge in [-0.25, -0.2) is 4.39 Å². The van der Waals surface area contributed by atoms with Crippen LogP contribution in [0.5, 0.6) is 0 Å². The van der Waals surface area contributed by atoms with Crippen LogP contribution >= 0.6 is 22.6 Å². The van der Waals surface area contributed by atoms with Crippen LogP contribution in [0.2, 0.25) is 0 Å². The van der Waals surface area contributed by atoms with Crippen LogP contribution in [0.3, 0.4) is 0 Å². The van der Waals surface area contributed by atoms with Crippen LogP contribution in [0, 0.1) is 9.39 Å². The molecule has 2 amide bonds. The van der Waals surface area contributed by atoms with E-state index in [4.69, 9.17) is 10.2 Å². The first kappa shape index (κ1) is 17.7. The summed E-state index contributed by atoms with van der Waals surface area (Å²) in [5.74, 6) is -2.69. The lowest BCUT2D eigenvalue weighted by atomic mass is 10.2. The summed E-state index contributed by atoms with van der Waals surface area (Å²) in [6, 6.07) is 5.97.